The molecule has 1 aliphatic heterocycles. The number of hydrogen-bond donors (Lipinski definition) is 1. The Balaban J connectivity index is 1.67. The Morgan fingerprint density at radius 2 is 2.32 bits per heavy atom. The molecule has 1 aromatic heterocycles. The van der Waals surface area contributed by atoms with E-state index in [-0.39, 0.29) is 5.91 Å². The Labute approximate surface area is 119 Å². The van der Waals surface area contributed by atoms with E-state index < -0.39 is 0 Å². The van der Waals surface area contributed by atoms with E-state index in [9.17, 15) is 4.79 Å². The molecule has 0 aromatic carbocycles. The summed E-state index contributed by atoms with van der Waals surface area (Å²) in [5.74, 6) is 0.0615. The Kier molecular flexibility index (Phi) is 5.40. The molecule has 19 heavy (non-hydrogen) atoms. The Morgan fingerprint density at radius 3 is 2.95 bits per heavy atom. The quantitative estimate of drug-likeness (QED) is 0.840. The summed E-state index contributed by atoms with van der Waals surface area (Å²) >= 11 is 1.68. The average Bonchev–Trinajstić information content (AvgIpc) is 2.75. The molecule has 1 N–H and O–H groups in total. The Bertz CT molecular complexity index is 422. The highest BCUT2D eigenvalue weighted by molar-refractivity contribution is 7.12. The lowest BCUT2D eigenvalue weighted by molar-refractivity contribution is 0.0102. The van der Waals surface area contributed by atoms with Crippen LogP contribution in [0.5, 0.6) is 0 Å². The molecule has 4 heteroatoms. The zero-order valence-corrected chi connectivity index (χ0v) is 12.6. The van der Waals surface area contributed by atoms with Crippen LogP contribution >= 0.6 is 11.3 Å². The molecule has 1 saturated heterocycles. The minimum Gasteiger partial charge on any atom is -0.378 e. The largest absolute Gasteiger partial charge is 0.378 e. The molecule has 0 bridgehead atoms. The van der Waals surface area contributed by atoms with Crippen molar-refractivity contribution in [2.75, 3.05) is 13.2 Å². The number of amides is 1. The van der Waals surface area contributed by atoms with Crippen molar-refractivity contribution in [3.8, 4) is 0 Å². The van der Waals surface area contributed by atoms with Gasteiger partial charge < -0.3 is 10.1 Å². The van der Waals surface area contributed by atoms with Gasteiger partial charge >= 0.3 is 0 Å². The fourth-order valence-corrected chi connectivity index (χ4v) is 3.44. The van der Waals surface area contributed by atoms with Crippen LogP contribution in [0.3, 0.4) is 0 Å². The first-order valence-corrected chi connectivity index (χ1v) is 7.95. The zero-order valence-electron chi connectivity index (χ0n) is 11.8. The van der Waals surface area contributed by atoms with Crippen LogP contribution in [0.4, 0.5) is 0 Å². The molecule has 1 aromatic rings. The molecular formula is C15H23NO2S. The summed E-state index contributed by atoms with van der Waals surface area (Å²) in [6.07, 6.45) is 6.13. The molecule has 0 aliphatic carbocycles. The van der Waals surface area contributed by atoms with Crippen LogP contribution in [0.1, 0.15) is 52.2 Å². The summed E-state index contributed by atoms with van der Waals surface area (Å²) in [4.78, 5) is 14.3. The maximum Gasteiger partial charge on any atom is 0.252 e. The van der Waals surface area contributed by atoms with Crippen LogP contribution in [-0.4, -0.2) is 25.2 Å². The van der Waals surface area contributed by atoms with Gasteiger partial charge in [-0.3, -0.25) is 4.79 Å². The van der Waals surface area contributed by atoms with Gasteiger partial charge in [-0.1, -0.05) is 0 Å². The zero-order chi connectivity index (χ0) is 13.7. The van der Waals surface area contributed by atoms with Gasteiger partial charge in [0.15, 0.2) is 0 Å². The van der Waals surface area contributed by atoms with Crippen molar-refractivity contribution in [1.29, 1.82) is 0 Å². The van der Waals surface area contributed by atoms with Gasteiger partial charge in [-0.05, 0) is 52.0 Å². The first kappa shape index (κ1) is 14.5. The highest BCUT2D eigenvalue weighted by Crippen LogP contribution is 2.20. The summed E-state index contributed by atoms with van der Waals surface area (Å²) in [7, 11) is 0. The van der Waals surface area contributed by atoms with E-state index in [4.69, 9.17) is 4.74 Å². The summed E-state index contributed by atoms with van der Waals surface area (Å²) in [6.45, 7) is 5.69. The predicted octanol–water partition coefficient (Wildman–Crippen LogP) is 3.44. The standard InChI is InChI=1S/C15H23NO2S/c1-11-10-14(12(2)19-11)15(17)16-8-5-7-13-6-3-4-9-18-13/h10,13H,3-9H2,1-2H3,(H,16,17). The highest BCUT2D eigenvalue weighted by Gasteiger charge is 2.14. The molecule has 0 radical (unpaired) electrons. The maximum absolute atomic E-state index is 12.0. The van der Waals surface area contributed by atoms with Gasteiger partial charge in [-0.15, -0.1) is 11.3 Å². The number of ether oxygens (including phenoxy) is 1. The number of thiophene rings is 1. The first-order chi connectivity index (χ1) is 9.16. The third-order valence-corrected chi connectivity index (χ3v) is 4.51. The number of rotatable bonds is 5. The topological polar surface area (TPSA) is 38.3 Å². The Hall–Kier alpha value is -0.870. The van der Waals surface area contributed by atoms with Crippen LogP contribution in [0.25, 0.3) is 0 Å². The molecule has 2 heterocycles. The first-order valence-electron chi connectivity index (χ1n) is 7.13. The second-order valence-corrected chi connectivity index (χ2v) is 6.67. The number of carbonyl (C=O) groups excluding carboxylic acids is 1. The molecule has 0 spiro atoms. The van der Waals surface area contributed by atoms with Gasteiger partial charge in [-0.25, -0.2) is 0 Å². The SMILES string of the molecule is Cc1cc(C(=O)NCCCC2CCCCO2)c(C)s1. The third kappa shape index (κ3) is 4.32. The van der Waals surface area contributed by atoms with E-state index in [2.05, 4.69) is 5.32 Å². The van der Waals surface area contributed by atoms with Gasteiger partial charge in [-0.2, -0.15) is 0 Å². The predicted molar refractivity (Wildman–Crippen MR) is 79.0 cm³/mol. The van der Waals surface area contributed by atoms with Crippen LogP contribution in [-0.2, 0) is 4.74 Å². The molecule has 3 nitrogen and oxygen atoms in total. The molecule has 0 saturated carbocycles. The highest BCUT2D eigenvalue weighted by atomic mass is 32.1. The number of carbonyl (C=O) groups is 1. The molecular weight excluding hydrogens is 258 g/mol. The van der Waals surface area contributed by atoms with E-state index in [1.807, 2.05) is 19.9 Å². The minimum atomic E-state index is 0.0615. The second kappa shape index (κ2) is 7.06. The summed E-state index contributed by atoms with van der Waals surface area (Å²) in [5.41, 5.74) is 0.830. The number of hydrogen-bond acceptors (Lipinski definition) is 3. The van der Waals surface area contributed by atoms with E-state index in [1.165, 1.54) is 24.1 Å². The van der Waals surface area contributed by atoms with Crippen molar-refractivity contribution in [3.63, 3.8) is 0 Å². The van der Waals surface area contributed by atoms with Gasteiger partial charge in [0.1, 0.15) is 0 Å². The smallest absolute Gasteiger partial charge is 0.252 e. The van der Waals surface area contributed by atoms with Gasteiger partial charge in [0.25, 0.3) is 5.91 Å². The molecule has 2 rings (SSSR count). The van der Waals surface area contributed by atoms with E-state index in [1.54, 1.807) is 11.3 Å². The lowest BCUT2D eigenvalue weighted by Gasteiger charge is -2.22. The molecule has 106 valence electrons. The maximum atomic E-state index is 12.0. The monoisotopic (exact) mass is 281 g/mol. The lowest BCUT2D eigenvalue weighted by Crippen LogP contribution is -2.26. The summed E-state index contributed by atoms with van der Waals surface area (Å²) in [5, 5.41) is 3.00. The fourth-order valence-electron chi connectivity index (χ4n) is 2.52. The van der Waals surface area contributed by atoms with Gasteiger partial charge in [0, 0.05) is 22.9 Å². The summed E-state index contributed by atoms with van der Waals surface area (Å²) in [6, 6.07) is 1.97. The average molecular weight is 281 g/mol. The molecule has 1 unspecified atom stereocenters. The van der Waals surface area contributed by atoms with Crippen molar-refractivity contribution in [1.82, 2.24) is 5.32 Å². The van der Waals surface area contributed by atoms with Crippen LogP contribution in [0, 0.1) is 13.8 Å². The fraction of sp³-hybridized carbons (Fsp3) is 0.667. The van der Waals surface area contributed by atoms with Crippen molar-refractivity contribution in [2.24, 2.45) is 0 Å². The molecule has 1 amide bonds. The Morgan fingerprint density at radius 1 is 1.47 bits per heavy atom. The minimum absolute atomic E-state index is 0.0615. The van der Waals surface area contributed by atoms with Crippen molar-refractivity contribution >= 4 is 17.2 Å². The van der Waals surface area contributed by atoms with Crippen molar-refractivity contribution in [2.45, 2.75) is 52.1 Å². The van der Waals surface area contributed by atoms with E-state index in [0.29, 0.717) is 6.10 Å². The number of nitrogens with one attached hydrogen (secondary N) is 1. The molecule has 1 fully saturated rings. The van der Waals surface area contributed by atoms with E-state index >= 15 is 0 Å². The number of aryl methyl sites for hydroxylation is 2. The van der Waals surface area contributed by atoms with Crippen LogP contribution in [0.2, 0.25) is 0 Å². The van der Waals surface area contributed by atoms with Crippen LogP contribution < -0.4 is 5.32 Å². The van der Waals surface area contributed by atoms with Crippen molar-refractivity contribution in [3.05, 3.63) is 21.4 Å². The van der Waals surface area contributed by atoms with E-state index in [0.717, 1.165) is 36.4 Å². The molecule has 1 aliphatic rings. The second-order valence-electron chi connectivity index (χ2n) is 5.21. The van der Waals surface area contributed by atoms with Gasteiger partial charge in [0.2, 0.25) is 0 Å². The van der Waals surface area contributed by atoms with Crippen molar-refractivity contribution < 1.29 is 9.53 Å². The molecule has 1 atom stereocenters. The summed E-state index contributed by atoms with van der Waals surface area (Å²) < 4.78 is 5.68. The van der Waals surface area contributed by atoms with Gasteiger partial charge in [0.05, 0.1) is 11.7 Å². The third-order valence-electron chi connectivity index (χ3n) is 3.55. The lowest BCUT2D eigenvalue weighted by atomic mass is 10.0. The normalized spacial score (nSPS) is 19.4. The van der Waals surface area contributed by atoms with Crippen LogP contribution in [0.15, 0.2) is 6.07 Å².